The van der Waals surface area contributed by atoms with Gasteiger partial charge in [0.25, 0.3) is 0 Å². The molecular formula is C18H29N3O. The highest BCUT2D eigenvalue weighted by Gasteiger charge is 2.20. The average molecular weight is 303 g/mol. The van der Waals surface area contributed by atoms with Gasteiger partial charge in [0.05, 0.1) is 0 Å². The van der Waals surface area contributed by atoms with Crippen LogP contribution in [-0.4, -0.2) is 54.5 Å². The quantitative estimate of drug-likeness (QED) is 0.818. The lowest BCUT2D eigenvalue weighted by Crippen LogP contribution is -2.34. The number of amides is 1. The zero-order chi connectivity index (χ0) is 15.8. The van der Waals surface area contributed by atoms with Crippen LogP contribution in [0.5, 0.6) is 0 Å². The fraction of sp³-hybridized carbons (Fsp3) is 0.611. The first-order chi connectivity index (χ1) is 10.6. The maximum atomic E-state index is 10.9. The average Bonchev–Trinajstić information content (AvgIpc) is 2.68. The van der Waals surface area contributed by atoms with Crippen molar-refractivity contribution < 1.29 is 4.79 Å². The first-order valence-corrected chi connectivity index (χ1v) is 8.40. The third-order valence-corrected chi connectivity index (χ3v) is 4.44. The molecule has 1 amide bonds. The molecule has 1 aliphatic rings. The van der Waals surface area contributed by atoms with E-state index in [9.17, 15) is 4.79 Å². The van der Waals surface area contributed by atoms with Crippen molar-refractivity contribution in [2.45, 2.75) is 39.3 Å². The van der Waals surface area contributed by atoms with Gasteiger partial charge >= 0.3 is 0 Å². The molecule has 1 N–H and O–H groups in total. The Hall–Kier alpha value is -1.39. The van der Waals surface area contributed by atoms with Crippen LogP contribution in [0.1, 0.15) is 32.3 Å². The highest BCUT2D eigenvalue weighted by molar-refractivity contribution is 5.72. The molecule has 4 nitrogen and oxygen atoms in total. The topological polar surface area (TPSA) is 35.6 Å². The van der Waals surface area contributed by atoms with Gasteiger partial charge in [0.15, 0.2) is 0 Å². The molecular weight excluding hydrogens is 274 g/mol. The van der Waals surface area contributed by atoms with Gasteiger partial charge in [-0.15, -0.1) is 0 Å². The SMILES string of the molecule is CC(=O)NCCCN1CC[C@H](C)N(Cc2ccccc2)CC1. The van der Waals surface area contributed by atoms with Crippen molar-refractivity contribution in [1.82, 2.24) is 15.1 Å². The Morgan fingerprint density at radius 2 is 2.00 bits per heavy atom. The number of hydrogen-bond acceptors (Lipinski definition) is 3. The zero-order valence-corrected chi connectivity index (χ0v) is 13.9. The largest absolute Gasteiger partial charge is 0.356 e. The number of hydrogen-bond donors (Lipinski definition) is 1. The van der Waals surface area contributed by atoms with Crippen LogP contribution in [0.15, 0.2) is 30.3 Å². The fourth-order valence-corrected chi connectivity index (χ4v) is 3.00. The first-order valence-electron chi connectivity index (χ1n) is 8.40. The Labute approximate surface area is 134 Å². The second-order valence-corrected chi connectivity index (χ2v) is 6.27. The second-order valence-electron chi connectivity index (χ2n) is 6.27. The Kier molecular flexibility index (Phi) is 6.87. The summed E-state index contributed by atoms with van der Waals surface area (Å²) in [5.41, 5.74) is 1.40. The van der Waals surface area contributed by atoms with E-state index in [4.69, 9.17) is 0 Å². The van der Waals surface area contributed by atoms with E-state index in [2.05, 4.69) is 52.4 Å². The van der Waals surface area contributed by atoms with Crippen molar-refractivity contribution in [3.63, 3.8) is 0 Å². The zero-order valence-electron chi connectivity index (χ0n) is 13.9. The van der Waals surface area contributed by atoms with Gasteiger partial charge in [-0.1, -0.05) is 30.3 Å². The molecule has 0 aromatic heterocycles. The van der Waals surface area contributed by atoms with Crippen LogP contribution in [-0.2, 0) is 11.3 Å². The van der Waals surface area contributed by atoms with Crippen LogP contribution in [0.2, 0.25) is 0 Å². The number of nitrogens with one attached hydrogen (secondary N) is 1. The Bertz CT molecular complexity index is 449. The van der Waals surface area contributed by atoms with Gasteiger partial charge in [-0.25, -0.2) is 0 Å². The summed E-state index contributed by atoms with van der Waals surface area (Å²) in [5.74, 6) is 0.0681. The standard InChI is InChI=1S/C18H29N3O/c1-16-9-12-20(11-6-10-19-17(2)22)13-14-21(16)15-18-7-4-3-5-8-18/h3-5,7-8,16H,6,9-15H2,1-2H3,(H,19,22)/t16-/m0/s1. The van der Waals surface area contributed by atoms with Crippen molar-refractivity contribution in [2.24, 2.45) is 0 Å². The van der Waals surface area contributed by atoms with Gasteiger partial charge in [0.1, 0.15) is 0 Å². The number of benzene rings is 1. The molecule has 4 heteroatoms. The summed E-state index contributed by atoms with van der Waals surface area (Å²) in [4.78, 5) is 16.0. The summed E-state index contributed by atoms with van der Waals surface area (Å²) in [6.07, 6.45) is 2.25. The van der Waals surface area contributed by atoms with Gasteiger partial charge in [-0.2, -0.15) is 0 Å². The monoisotopic (exact) mass is 303 g/mol. The first kappa shape index (κ1) is 17.0. The van der Waals surface area contributed by atoms with Crippen molar-refractivity contribution in [3.8, 4) is 0 Å². The van der Waals surface area contributed by atoms with E-state index >= 15 is 0 Å². The molecule has 1 aromatic rings. The molecule has 0 unspecified atom stereocenters. The van der Waals surface area contributed by atoms with Gasteiger partial charge in [0, 0.05) is 39.1 Å². The van der Waals surface area contributed by atoms with Gasteiger partial charge < -0.3 is 10.2 Å². The van der Waals surface area contributed by atoms with Crippen molar-refractivity contribution >= 4 is 5.91 Å². The summed E-state index contributed by atoms with van der Waals surface area (Å²) in [6, 6.07) is 11.4. The molecule has 1 heterocycles. The van der Waals surface area contributed by atoms with Crippen LogP contribution in [0.4, 0.5) is 0 Å². The summed E-state index contributed by atoms with van der Waals surface area (Å²) in [7, 11) is 0. The van der Waals surface area contributed by atoms with Crippen molar-refractivity contribution in [3.05, 3.63) is 35.9 Å². The number of nitrogens with zero attached hydrogens (tertiary/aromatic N) is 2. The summed E-state index contributed by atoms with van der Waals surface area (Å²) >= 11 is 0. The second kappa shape index (κ2) is 8.91. The normalized spacial score (nSPS) is 20.5. The molecule has 122 valence electrons. The molecule has 0 aliphatic carbocycles. The Balaban J connectivity index is 1.76. The van der Waals surface area contributed by atoms with Crippen LogP contribution in [0.25, 0.3) is 0 Å². The van der Waals surface area contributed by atoms with E-state index in [0.717, 1.165) is 45.7 Å². The highest BCUT2D eigenvalue weighted by Crippen LogP contribution is 2.14. The molecule has 1 aliphatic heterocycles. The molecule has 0 radical (unpaired) electrons. The Morgan fingerprint density at radius 3 is 2.73 bits per heavy atom. The van der Waals surface area contributed by atoms with Gasteiger partial charge in [-0.05, 0) is 38.4 Å². The minimum absolute atomic E-state index is 0.0681. The van der Waals surface area contributed by atoms with Crippen molar-refractivity contribution in [1.29, 1.82) is 0 Å². The summed E-state index contributed by atoms with van der Waals surface area (Å²) in [6.45, 7) is 10.2. The summed E-state index contributed by atoms with van der Waals surface area (Å²) < 4.78 is 0. The van der Waals surface area contributed by atoms with Crippen LogP contribution < -0.4 is 5.32 Å². The predicted molar refractivity (Wildman–Crippen MR) is 90.7 cm³/mol. The smallest absolute Gasteiger partial charge is 0.216 e. The molecule has 1 aromatic carbocycles. The third-order valence-electron chi connectivity index (χ3n) is 4.44. The highest BCUT2D eigenvalue weighted by atomic mass is 16.1. The summed E-state index contributed by atoms with van der Waals surface area (Å²) in [5, 5.41) is 2.87. The third kappa shape index (κ3) is 5.78. The Morgan fingerprint density at radius 1 is 1.23 bits per heavy atom. The number of carbonyl (C=O) groups excluding carboxylic acids is 1. The van der Waals surface area contributed by atoms with E-state index in [1.54, 1.807) is 6.92 Å². The van der Waals surface area contributed by atoms with Crippen LogP contribution >= 0.6 is 0 Å². The minimum atomic E-state index is 0.0681. The molecule has 1 fully saturated rings. The number of rotatable bonds is 6. The fourth-order valence-electron chi connectivity index (χ4n) is 3.00. The van der Waals surface area contributed by atoms with E-state index in [-0.39, 0.29) is 5.91 Å². The molecule has 2 rings (SSSR count). The molecule has 0 saturated carbocycles. The van der Waals surface area contributed by atoms with E-state index < -0.39 is 0 Å². The van der Waals surface area contributed by atoms with Gasteiger partial charge in [-0.3, -0.25) is 9.69 Å². The maximum Gasteiger partial charge on any atom is 0.216 e. The van der Waals surface area contributed by atoms with Crippen LogP contribution in [0, 0.1) is 0 Å². The van der Waals surface area contributed by atoms with Gasteiger partial charge in [0.2, 0.25) is 5.91 Å². The molecule has 1 saturated heterocycles. The molecule has 1 atom stereocenters. The molecule has 0 spiro atoms. The van der Waals surface area contributed by atoms with Crippen LogP contribution in [0.3, 0.4) is 0 Å². The lowest BCUT2D eigenvalue weighted by atomic mass is 10.1. The van der Waals surface area contributed by atoms with E-state index in [1.807, 2.05) is 0 Å². The molecule has 22 heavy (non-hydrogen) atoms. The van der Waals surface area contributed by atoms with E-state index in [0.29, 0.717) is 6.04 Å². The molecule has 0 bridgehead atoms. The van der Waals surface area contributed by atoms with E-state index in [1.165, 1.54) is 12.0 Å². The predicted octanol–water partition coefficient (Wildman–Crippen LogP) is 2.11. The number of carbonyl (C=O) groups is 1. The van der Waals surface area contributed by atoms with Crippen molar-refractivity contribution in [2.75, 3.05) is 32.7 Å². The lowest BCUT2D eigenvalue weighted by Gasteiger charge is -2.26. The maximum absolute atomic E-state index is 10.9. The lowest BCUT2D eigenvalue weighted by molar-refractivity contribution is -0.118. The minimum Gasteiger partial charge on any atom is -0.356 e.